The number of hydrogen-bond acceptors (Lipinski definition) is 17. The first kappa shape index (κ1) is 48.7. The van der Waals surface area contributed by atoms with Crippen molar-refractivity contribution in [3.8, 4) is 0 Å². The van der Waals surface area contributed by atoms with Crippen molar-refractivity contribution >= 4 is 29.9 Å². The third kappa shape index (κ3) is 16.9. The van der Waals surface area contributed by atoms with Crippen LogP contribution in [0.3, 0.4) is 0 Å². The molecular formula is C37H60N6O15. The van der Waals surface area contributed by atoms with Gasteiger partial charge in [0.2, 0.25) is 23.6 Å². The van der Waals surface area contributed by atoms with Gasteiger partial charge in [0, 0.05) is 26.1 Å². The Kier molecular flexibility index (Phi) is 21.6. The minimum Gasteiger partial charge on any atom is -0.388 e. The first-order valence-electron chi connectivity index (χ1n) is 19.4. The van der Waals surface area contributed by atoms with Crippen LogP contribution >= 0.6 is 0 Å². The molecule has 11 N–H and O–H groups in total. The van der Waals surface area contributed by atoms with Crippen molar-refractivity contribution in [3.05, 3.63) is 35.9 Å². The molecule has 0 saturated carbocycles. The quantitative estimate of drug-likeness (QED) is 0.0251. The number of ether oxygens (including phenoxy) is 4. The van der Waals surface area contributed by atoms with E-state index in [0.29, 0.717) is 25.7 Å². The standard InChI is InChI=1S/C37H60N6O15/c1-22-30(49)32(51)34(53)36(57-22)55-15-13-39-28(47)19-43(20-29(48)40-14-16-56-37-35(54)33(52)31(50)23(2)58-37)18-27(46)38-12-8-4-7-11-26(45)42-41-25(21-44)17-24-9-5-3-6-10-24/h3,5-6,9-10,21-23,25,30-37,41,49-54H,4,7-8,11-20H2,1-2H3,(H,38,46)(H,39,47)(H,40,48)(H,42,45)/t22-,23-,25-,30+,31+,32+,33+,34-,35-,36+,37+/m0/s1. The third-order valence-corrected chi connectivity index (χ3v) is 9.39. The van der Waals surface area contributed by atoms with Crippen LogP contribution in [0.5, 0.6) is 0 Å². The van der Waals surface area contributed by atoms with Gasteiger partial charge in [-0.1, -0.05) is 36.8 Å². The molecule has 1 aromatic carbocycles. The van der Waals surface area contributed by atoms with E-state index in [1.54, 1.807) is 0 Å². The molecule has 0 unspecified atom stereocenters. The molecule has 0 aliphatic carbocycles. The van der Waals surface area contributed by atoms with Gasteiger partial charge in [0.1, 0.15) is 42.9 Å². The molecule has 0 spiro atoms. The van der Waals surface area contributed by atoms with E-state index in [-0.39, 0.29) is 64.8 Å². The molecule has 21 heteroatoms. The summed E-state index contributed by atoms with van der Waals surface area (Å²) in [6.45, 7) is 1.81. The van der Waals surface area contributed by atoms with Gasteiger partial charge in [0.15, 0.2) is 12.6 Å². The van der Waals surface area contributed by atoms with Crippen molar-refractivity contribution < 1.29 is 73.6 Å². The summed E-state index contributed by atoms with van der Waals surface area (Å²) >= 11 is 0. The predicted octanol–water partition coefficient (Wildman–Crippen LogP) is -4.68. The average molecular weight is 829 g/mol. The number of aliphatic hydroxyl groups excluding tert-OH is 6. The Bertz CT molecular complexity index is 1360. The number of nitrogens with one attached hydrogen (secondary N) is 5. The molecule has 21 nitrogen and oxygen atoms in total. The lowest BCUT2D eigenvalue weighted by Gasteiger charge is -2.38. The molecule has 3 rings (SSSR count). The Balaban J connectivity index is 1.40. The highest BCUT2D eigenvalue weighted by molar-refractivity contribution is 5.84. The minimum absolute atomic E-state index is 0.0547. The maximum absolute atomic E-state index is 12.8. The molecule has 58 heavy (non-hydrogen) atoms. The van der Waals surface area contributed by atoms with E-state index >= 15 is 0 Å². The van der Waals surface area contributed by atoms with Crippen molar-refractivity contribution in [3.63, 3.8) is 0 Å². The zero-order chi connectivity index (χ0) is 42.6. The number of amides is 4. The van der Waals surface area contributed by atoms with E-state index < -0.39 is 85.2 Å². The van der Waals surface area contributed by atoms with Crippen molar-refractivity contribution in [2.75, 3.05) is 52.5 Å². The number of hydrazine groups is 1. The Hall–Kier alpha value is -3.71. The molecule has 2 aliphatic heterocycles. The van der Waals surface area contributed by atoms with Crippen LogP contribution < -0.4 is 26.8 Å². The number of carbonyl (C=O) groups is 5. The number of aliphatic hydroxyl groups is 6. The number of nitrogens with zero attached hydrogens (tertiary/aromatic N) is 1. The maximum atomic E-state index is 12.8. The summed E-state index contributed by atoms with van der Waals surface area (Å²) in [4.78, 5) is 63.4. The topological polar surface area (TPSA) is 307 Å². The van der Waals surface area contributed by atoms with Crippen molar-refractivity contribution in [1.29, 1.82) is 0 Å². The lowest BCUT2D eigenvalue weighted by atomic mass is 10.0. The Labute approximate surface area is 336 Å². The van der Waals surface area contributed by atoms with E-state index in [1.807, 2.05) is 30.3 Å². The van der Waals surface area contributed by atoms with E-state index in [1.165, 1.54) is 18.7 Å². The second-order valence-electron chi connectivity index (χ2n) is 14.2. The van der Waals surface area contributed by atoms with Gasteiger partial charge >= 0.3 is 0 Å². The fourth-order valence-corrected chi connectivity index (χ4v) is 6.03. The summed E-state index contributed by atoms with van der Waals surface area (Å²) in [5.74, 6) is -1.88. The Morgan fingerprint density at radius 1 is 0.672 bits per heavy atom. The maximum Gasteiger partial charge on any atom is 0.234 e. The van der Waals surface area contributed by atoms with Crippen LogP contribution in [-0.2, 0) is 49.3 Å². The Morgan fingerprint density at radius 3 is 1.64 bits per heavy atom. The van der Waals surface area contributed by atoms with Crippen LogP contribution in [0.1, 0.15) is 45.1 Å². The molecule has 0 bridgehead atoms. The second-order valence-corrected chi connectivity index (χ2v) is 14.2. The van der Waals surface area contributed by atoms with Gasteiger partial charge in [-0.2, -0.15) is 0 Å². The van der Waals surface area contributed by atoms with Gasteiger partial charge in [0.05, 0.1) is 51.1 Å². The number of aldehydes is 1. The van der Waals surface area contributed by atoms with E-state index in [4.69, 9.17) is 18.9 Å². The summed E-state index contributed by atoms with van der Waals surface area (Å²) in [5, 5.41) is 67.7. The van der Waals surface area contributed by atoms with Gasteiger partial charge in [-0.25, -0.2) is 5.43 Å². The molecule has 4 amide bonds. The number of unbranched alkanes of at least 4 members (excludes halogenated alkanes) is 2. The highest BCUT2D eigenvalue weighted by Crippen LogP contribution is 2.22. The fourth-order valence-electron chi connectivity index (χ4n) is 6.03. The molecule has 2 aliphatic rings. The SMILES string of the molecule is C[C@@H]1O[C@@H](OCCNC(=O)CN(CC(=O)NCCCCCC(=O)NN[C@H](C=O)Cc2ccccc2)CC(=O)NCCO[C@@H]2O[C@@H](C)[C@@H](O)[C@@H](O)[C@@H]2O)[C@@H](O)[C@H](O)[C@@H]1O. The first-order chi connectivity index (χ1) is 27.7. The second kappa shape index (κ2) is 25.7. The molecule has 0 radical (unpaired) electrons. The minimum atomic E-state index is -1.52. The molecule has 328 valence electrons. The zero-order valence-corrected chi connectivity index (χ0v) is 32.8. The monoisotopic (exact) mass is 828 g/mol. The zero-order valence-electron chi connectivity index (χ0n) is 32.8. The largest absolute Gasteiger partial charge is 0.388 e. The smallest absolute Gasteiger partial charge is 0.234 e. The molecular weight excluding hydrogens is 768 g/mol. The van der Waals surface area contributed by atoms with Gasteiger partial charge < -0.3 is 70.3 Å². The molecule has 2 fully saturated rings. The van der Waals surface area contributed by atoms with Gasteiger partial charge in [-0.15, -0.1) is 0 Å². The van der Waals surface area contributed by atoms with Crippen molar-refractivity contribution in [2.24, 2.45) is 0 Å². The van der Waals surface area contributed by atoms with Crippen LogP contribution in [0.4, 0.5) is 0 Å². The number of rotatable bonds is 25. The summed E-state index contributed by atoms with van der Waals surface area (Å²) in [6.07, 6.45) is -9.69. The van der Waals surface area contributed by atoms with Crippen molar-refractivity contribution in [1.82, 2.24) is 31.7 Å². The Morgan fingerprint density at radius 2 is 1.16 bits per heavy atom. The molecule has 1 aromatic rings. The van der Waals surface area contributed by atoms with E-state index in [2.05, 4.69) is 26.8 Å². The van der Waals surface area contributed by atoms with Gasteiger partial charge in [0.25, 0.3) is 0 Å². The van der Waals surface area contributed by atoms with Gasteiger partial charge in [-0.05, 0) is 38.7 Å². The molecule has 2 heterocycles. The molecule has 11 atom stereocenters. The molecule has 0 aromatic heterocycles. The lowest BCUT2D eigenvalue weighted by Crippen LogP contribution is -2.57. The average Bonchev–Trinajstić information content (AvgIpc) is 3.20. The summed E-state index contributed by atoms with van der Waals surface area (Å²) in [5.41, 5.74) is 6.23. The van der Waals surface area contributed by atoms with E-state index in [9.17, 15) is 54.6 Å². The van der Waals surface area contributed by atoms with Crippen LogP contribution in [0.25, 0.3) is 0 Å². The summed E-state index contributed by atoms with van der Waals surface area (Å²) in [6, 6.07) is 8.79. The lowest BCUT2D eigenvalue weighted by molar-refractivity contribution is -0.292. The van der Waals surface area contributed by atoms with Crippen LogP contribution in [0.2, 0.25) is 0 Å². The van der Waals surface area contributed by atoms with Crippen LogP contribution in [0.15, 0.2) is 30.3 Å². The normalized spacial score (nSPS) is 27.7. The highest BCUT2D eigenvalue weighted by Gasteiger charge is 2.43. The van der Waals surface area contributed by atoms with Crippen LogP contribution in [-0.4, -0.2) is 185 Å². The van der Waals surface area contributed by atoms with E-state index in [0.717, 1.165) is 11.8 Å². The first-order valence-corrected chi connectivity index (χ1v) is 19.4. The van der Waals surface area contributed by atoms with Gasteiger partial charge in [-0.3, -0.25) is 29.5 Å². The fraction of sp³-hybridized carbons (Fsp3) is 0.703. The summed E-state index contributed by atoms with van der Waals surface area (Å²) in [7, 11) is 0. The number of carbonyl (C=O) groups excluding carboxylic acids is 5. The predicted molar refractivity (Wildman–Crippen MR) is 202 cm³/mol. The van der Waals surface area contributed by atoms with Crippen LogP contribution in [0, 0.1) is 0 Å². The summed E-state index contributed by atoms with van der Waals surface area (Å²) < 4.78 is 21.6. The number of benzene rings is 1. The third-order valence-electron chi connectivity index (χ3n) is 9.39. The highest BCUT2D eigenvalue weighted by atomic mass is 16.7. The number of hydrogen-bond donors (Lipinski definition) is 11. The van der Waals surface area contributed by atoms with Crippen molar-refractivity contribution in [2.45, 2.75) is 113 Å². The molecule has 2 saturated heterocycles.